The molecule has 166 valence electrons. The van der Waals surface area contributed by atoms with Crippen LogP contribution in [0.1, 0.15) is 16.1 Å². The zero-order valence-electron chi connectivity index (χ0n) is 17.6. The lowest BCUT2D eigenvalue weighted by atomic mass is 10.1. The minimum absolute atomic E-state index is 0.0212. The predicted octanol–water partition coefficient (Wildman–Crippen LogP) is 4.42. The maximum absolute atomic E-state index is 13.3. The van der Waals surface area contributed by atoms with E-state index in [1.807, 2.05) is 0 Å². The number of amides is 1. The summed E-state index contributed by atoms with van der Waals surface area (Å²) in [5, 5.41) is 3.38. The van der Waals surface area contributed by atoms with E-state index < -0.39 is 11.7 Å². The van der Waals surface area contributed by atoms with Crippen LogP contribution in [0.25, 0.3) is 11.0 Å². The maximum atomic E-state index is 13.3. The zero-order chi connectivity index (χ0) is 22.8. The van der Waals surface area contributed by atoms with Crippen LogP contribution in [0.15, 0.2) is 71.1 Å². The van der Waals surface area contributed by atoms with E-state index in [1.165, 1.54) is 0 Å². The summed E-state index contributed by atoms with van der Waals surface area (Å²) in [6.45, 7) is -0.142. The molecule has 1 aliphatic heterocycles. The molecule has 0 saturated heterocycles. The van der Waals surface area contributed by atoms with Crippen molar-refractivity contribution in [2.75, 3.05) is 25.8 Å². The summed E-state index contributed by atoms with van der Waals surface area (Å²) in [6, 6.07) is 18.9. The molecule has 3 aromatic carbocycles. The van der Waals surface area contributed by atoms with Gasteiger partial charge in [-0.25, -0.2) is 0 Å². The van der Waals surface area contributed by atoms with Gasteiger partial charge in [0.2, 0.25) is 12.6 Å². The number of ether oxygens (including phenoxy) is 4. The van der Waals surface area contributed by atoms with Crippen LogP contribution in [-0.2, 0) is 4.79 Å². The van der Waals surface area contributed by atoms with E-state index in [1.54, 1.807) is 73.8 Å². The highest BCUT2D eigenvalue weighted by molar-refractivity contribution is 6.17. The molecule has 1 N–H and O–H groups in total. The Hall–Kier alpha value is -4.46. The summed E-state index contributed by atoms with van der Waals surface area (Å²) in [6.07, 6.45) is 0. The van der Waals surface area contributed by atoms with Crippen molar-refractivity contribution in [2.45, 2.75) is 0 Å². The second-order valence-corrected chi connectivity index (χ2v) is 7.21. The topological polar surface area (TPSA) is 96.2 Å². The van der Waals surface area contributed by atoms with Gasteiger partial charge in [-0.1, -0.05) is 12.1 Å². The Balaban J connectivity index is 1.39. The molecule has 8 nitrogen and oxygen atoms in total. The third-order valence-corrected chi connectivity index (χ3v) is 5.13. The lowest BCUT2D eigenvalue weighted by Crippen LogP contribution is -2.21. The summed E-state index contributed by atoms with van der Waals surface area (Å²) in [7, 11) is 1.57. The van der Waals surface area contributed by atoms with E-state index in [4.69, 9.17) is 23.4 Å². The third-order valence-electron chi connectivity index (χ3n) is 5.13. The fourth-order valence-electron chi connectivity index (χ4n) is 3.49. The zero-order valence-corrected chi connectivity index (χ0v) is 17.6. The number of benzene rings is 3. The molecular weight excluding hydrogens is 426 g/mol. The van der Waals surface area contributed by atoms with E-state index in [2.05, 4.69) is 5.32 Å². The summed E-state index contributed by atoms with van der Waals surface area (Å²) in [5.41, 5.74) is 1.12. The number of hydrogen-bond acceptors (Lipinski definition) is 7. The molecule has 8 heteroatoms. The Kier molecular flexibility index (Phi) is 5.32. The molecule has 0 radical (unpaired) electrons. The first-order valence-electron chi connectivity index (χ1n) is 10.1. The van der Waals surface area contributed by atoms with Crippen LogP contribution in [0.3, 0.4) is 0 Å². The number of nitrogens with one attached hydrogen (secondary N) is 1. The second kappa shape index (κ2) is 8.58. The molecule has 0 bridgehead atoms. The Labute approximate surface area is 188 Å². The lowest BCUT2D eigenvalue weighted by molar-refractivity contribution is -0.118. The third kappa shape index (κ3) is 4.06. The van der Waals surface area contributed by atoms with Crippen molar-refractivity contribution in [1.82, 2.24) is 0 Å². The molecule has 0 fully saturated rings. The largest absolute Gasteiger partial charge is 0.497 e. The molecule has 0 aliphatic carbocycles. The van der Waals surface area contributed by atoms with Crippen molar-refractivity contribution >= 4 is 28.3 Å². The number of rotatable bonds is 7. The summed E-state index contributed by atoms with van der Waals surface area (Å²) in [5.74, 6) is 1.44. The number of para-hydroxylation sites is 1. The van der Waals surface area contributed by atoms with E-state index in [0.717, 1.165) is 0 Å². The Morgan fingerprint density at radius 3 is 2.52 bits per heavy atom. The fraction of sp³-hybridized carbons (Fsp3) is 0.120. The van der Waals surface area contributed by atoms with Gasteiger partial charge < -0.3 is 28.7 Å². The normalized spacial score (nSPS) is 11.9. The van der Waals surface area contributed by atoms with Gasteiger partial charge in [0.05, 0.1) is 12.8 Å². The maximum Gasteiger partial charge on any atom is 0.262 e. The molecule has 1 aliphatic rings. The fourth-order valence-corrected chi connectivity index (χ4v) is 3.49. The van der Waals surface area contributed by atoms with Crippen LogP contribution < -0.4 is 24.3 Å². The monoisotopic (exact) mass is 445 g/mol. The van der Waals surface area contributed by atoms with Crippen LogP contribution in [0.4, 0.5) is 5.69 Å². The standard InChI is InChI=1S/C25H19NO7/c1-29-16-7-9-17(10-8-16)30-13-22(27)26-23-18-4-2-3-5-19(18)33-25(23)24(28)15-6-11-20-21(12-15)32-14-31-20/h2-12H,13-14H2,1H3,(H,26,27). The Bertz CT molecular complexity index is 1340. The van der Waals surface area contributed by atoms with Crippen LogP contribution in [0, 0.1) is 0 Å². The highest BCUT2D eigenvalue weighted by atomic mass is 16.7. The summed E-state index contributed by atoms with van der Waals surface area (Å²) >= 11 is 0. The average molecular weight is 445 g/mol. The molecule has 5 rings (SSSR count). The van der Waals surface area contributed by atoms with Gasteiger partial charge in [-0.15, -0.1) is 0 Å². The van der Waals surface area contributed by atoms with Crippen LogP contribution in [-0.4, -0.2) is 32.2 Å². The average Bonchev–Trinajstić information content (AvgIpc) is 3.47. The van der Waals surface area contributed by atoms with Gasteiger partial charge in [0.15, 0.2) is 23.9 Å². The van der Waals surface area contributed by atoms with Crippen LogP contribution in [0.2, 0.25) is 0 Å². The molecule has 33 heavy (non-hydrogen) atoms. The number of methoxy groups -OCH3 is 1. The number of anilines is 1. The van der Waals surface area contributed by atoms with Gasteiger partial charge in [-0.05, 0) is 54.6 Å². The van der Waals surface area contributed by atoms with Crippen molar-refractivity contribution in [3.8, 4) is 23.0 Å². The van der Waals surface area contributed by atoms with Gasteiger partial charge in [0.25, 0.3) is 5.91 Å². The Morgan fingerprint density at radius 1 is 0.939 bits per heavy atom. The first-order chi connectivity index (χ1) is 16.1. The smallest absolute Gasteiger partial charge is 0.262 e. The van der Waals surface area contributed by atoms with Gasteiger partial charge in [0.1, 0.15) is 17.1 Å². The van der Waals surface area contributed by atoms with Crippen molar-refractivity contribution in [1.29, 1.82) is 0 Å². The second-order valence-electron chi connectivity index (χ2n) is 7.21. The number of fused-ring (bicyclic) bond motifs is 2. The molecule has 1 aromatic heterocycles. The summed E-state index contributed by atoms with van der Waals surface area (Å²) < 4.78 is 27.2. The lowest BCUT2D eigenvalue weighted by Gasteiger charge is -2.09. The molecule has 2 heterocycles. The van der Waals surface area contributed by atoms with Crippen LogP contribution >= 0.6 is 0 Å². The SMILES string of the molecule is COc1ccc(OCC(=O)Nc2c(C(=O)c3ccc4c(c3)OCO4)oc3ccccc23)cc1. The van der Waals surface area contributed by atoms with E-state index in [-0.39, 0.29) is 24.8 Å². The number of carbonyl (C=O) groups is 2. The van der Waals surface area contributed by atoms with Crippen molar-refractivity contribution in [2.24, 2.45) is 0 Å². The molecule has 1 amide bonds. The van der Waals surface area contributed by atoms with Crippen molar-refractivity contribution < 1.29 is 33.0 Å². The minimum atomic E-state index is -0.433. The van der Waals surface area contributed by atoms with Gasteiger partial charge in [0, 0.05) is 10.9 Å². The number of hydrogen-bond donors (Lipinski definition) is 1. The molecule has 0 spiro atoms. The number of furan rings is 1. The van der Waals surface area contributed by atoms with Gasteiger partial charge in [-0.3, -0.25) is 9.59 Å². The summed E-state index contributed by atoms with van der Waals surface area (Å²) in [4.78, 5) is 25.9. The Morgan fingerprint density at radius 2 is 1.70 bits per heavy atom. The van der Waals surface area contributed by atoms with Crippen molar-refractivity contribution in [3.05, 3.63) is 78.1 Å². The number of ketones is 1. The van der Waals surface area contributed by atoms with Crippen molar-refractivity contribution in [3.63, 3.8) is 0 Å². The quantitative estimate of drug-likeness (QED) is 0.421. The van der Waals surface area contributed by atoms with Gasteiger partial charge in [-0.2, -0.15) is 0 Å². The molecular formula is C25H19NO7. The molecule has 0 atom stereocenters. The molecule has 4 aromatic rings. The minimum Gasteiger partial charge on any atom is -0.497 e. The number of carbonyl (C=O) groups excluding carboxylic acids is 2. The van der Waals surface area contributed by atoms with E-state index in [9.17, 15) is 9.59 Å². The first-order valence-corrected chi connectivity index (χ1v) is 10.1. The van der Waals surface area contributed by atoms with Crippen LogP contribution in [0.5, 0.6) is 23.0 Å². The predicted molar refractivity (Wildman–Crippen MR) is 119 cm³/mol. The molecule has 0 saturated carbocycles. The van der Waals surface area contributed by atoms with Gasteiger partial charge >= 0.3 is 0 Å². The highest BCUT2D eigenvalue weighted by Gasteiger charge is 2.25. The van der Waals surface area contributed by atoms with E-state index >= 15 is 0 Å². The first kappa shape index (κ1) is 20.4. The van der Waals surface area contributed by atoms with E-state index in [0.29, 0.717) is 39.5 Å². The highest BCUT2D eigenvalue weighted by Crippen LogP contribution is 2.36. The molecule has 0 unspecified atom stereocenters.